The molecule has 0 saturated carbocycles. The monoisotopic (exact) mass is 254 g/mol. The van der Waals surface area contributed by atoms with E-state index < -0.39 is 0 Å². The van der Waals surface area contributed by atoms with Crippen molar-refractivity contribution < 1.29 is 9.84 Å². The Morgan fingerprint density at radius 2 is 2.06 bits per heavy atom. The number of ether oxygens (including phenoxy) is 1. The van der Waals surface area contributed by atoms with Gasteiger partial charge in [-0.2, -0.15) is 4.98 Å². The lowest BCUT2D eigenvalue weighted by atomic mass is 9.83. The molecule has 0 bridgehead atoms. The van der Waals surface area contributed by atoms with Crippen LogP contribution < -0.4 is 15.8 Å². The molecule has 0 aliphatic carbocycles. The second kappa shape index (κ2) is 6.39. The van der Waals surface area contributed by atoms with Gasteiger partial charge < -0.3 is 20.9 Å². The number of hydrogen-bond donors (Lipinski definition) is 3. The second-order valence-electron chi connectivity index (χ2n) is 4.36. The molecule has 0 aliphatic rings. The van der Waals surface area contributed by atoms with Crippen LogP contribution in [0.4, 0.5) is 11.5 Å². The number of anilines is 2. The van der Waals surface area contributed by atoms with E-state index in [0.717, 1.165) is 12.8 Å². The number of aliphatic hydroxyl groups excluding tert-OH is 1. The zero-order valence-corrected chi connectivity index (χ0v) is 11.2. The number of hydrogen-bond acceptors (Lipinski definition) is 6. The molecule has 0 aliphatic heterocycles. The molecule has 6 heteroatoms. The highest BCUT2D eigenvalue weighted by Gasteiger charge is 2.25. The summed E-state index contributed by atoms with van der Waals surface area (Å²) in [5.41, 5.74) is 6.11. The summed E-state index contributed by atoms with van der Waals surface area (Å²) in [7, 11) is 1.51. The van der Waals surface area contributed by atoms with Crippen molar-refractivity contribution in [3.63, 3.8) is 0 Å². The van der Waals surface area contributed by atoms with Crippen LogP contribution in [0.25, 0.3) is 0 Å². The van der Waals surface area contributed by atoms with Crippen LogP contribution in [-0.4, -0.2) is 35.3 Å². The summed E-state index contributed by atoms with van der Waals surface area (Å²) in [4.78, 5) is 8.00. The van der Waals surface area contributed by atoms with Gasteiger partial charge in [-0.15, -0.1) is 0 Å². The molecule has 0 radical (unpaired) electrons. The average Bonchev–Trinajstić information content (AvgIpc) is 2.42. The third kappa shape index (κ3) is 3.01. The lowest BCUT2D eigenvalue weighted by molar-refractivity contribution is 0.127. The molecule has 0 saturated heterocycles. The summed E-state index contributed by atoms with van der Waals surface area (Å²) in [6, 6.07) is 0. The Morgan fingerprint density at radius 3 is 2.56 bits per heavy atom. The highest BCUT2D eigenvalue weighted by molar-refractivity contribution is 5.66. The van der Waals surface area contributed by atoms with E-state index in [9.17, 15) is 5.11 Å². The first-order valence-electron chi connectivity index (χ1n) is 6.11. The molecule has 102 valence electrons. The number of aromatic nitrogens is 2. The van der Waals surface area contributed by atoms with Crippen molar-refractivity contribution in [3.8, 4) is 5.88 Å². The van der Waals surface area contributed by atoms with Crippen molar-refractivity contribution in [2.75, 3.05) is 31.3 Å². The van der Waals surface area contributed by atoms with Gasteiger partial charge in [0.25, 0.3) is 0 Å². The van der Waals surface area contributed by atoms with Crippen LogP contribution in [0.3, 0.4) is 0 Å². The molecular weight excluding hydrogens is 232 g/mol. The summed E-state index contributed by atoms with van der Waals surface area (Å²) in [6.45, 7) is 4.87. The number of aliphatic hydroxyl groups is 1. The Hall–Kier alpha value is -1.56. The van der Waals surface area contributed by atoms with Crippen LogP contribution in [0, 0.1) is 5.41 Å². The van der Waals surface area contributed by atoms with Crippen molar-refractivity contribution >= 4 is 11.5 Å². The smallest absolute Gasteiger partial charge is 0.242 e. The van der Waals surface area contributed by atoms with Crippen LogP contribution in [-0.2, 0) is 0 Å². The normalized spacial score (nSPS) is 11.3. The minimum Gasteiger partial charge on any atom is -0.479 e. The predicted octanol–water partition coefficient (Wildman–Crippen LogP) is 1.28. The van der Waals surface area contributed by atoms with Gasteiger partial charge >= 0.3 is 0 Å². The highest BCUT2D eigenvalue weighted by Crippen LogP contribution is 2.29. The maximum Gasteiger partial charge on any atom is 0.242 e. The molecule has 0 unspecified atom stereocenters. The van der Waals surface area contributed by atoms with E-state index in [-0.39, 0.29) is 12.0 Å². The van der Waals surface area contributed by atoms with Crippen molar-refractivity contribution in [2.24, 2.45) is 5.41 Å². The van der Waals surface area contributed by atoms with Gasteiger partial charge in [0.2, 0.25) is 5.88 Å². The van der Waals surface area contributed by atoms with E-state index in [1.54, 1.807) is 0 Å². The Bertz CT molecular complexity index is 372. The average molecular weight is 254 g/mol. The van der Waals surface area contributed by atoms with Crippen LogP contribution >= 0.6 is 0 Å². The first-order valence-corrected chi connectivity index (χ1v) is 6.11. The van der Waals surface area contributed by atoms with Gasteiger partial charge in [0.15, 0.2) is 5.82 Å². The third-order valence-electron chi connectivity index (χ3n) is 3.51. The molecule has 1 heterocycles. The number of rotatable bonds is 7. The number of methoxy groups -OCH3 is 1. The second-order valence-corrected chi connectivity index (χ2v) is 4.36. The van der Waals surface area contributed by atoms with Crippen molar-refractivity contribution in [1.29, 1.82) is 0 Å². The zero-order chi connectivity index (χ0) is 13.6. The maximum absolute atomic E-state index is 9.50. The molecule has 4 N–H and O–H groups in total. The van der Waals surface area contributed by atoms with Crippen molar-refractivity contribution in [2.45, 2.75) is 26.7 Å². The summed E-state index contributed by atoms with van der Waals surface area (Å²) in [5, 5.41) is 12.7. The summed E-state index contributed by atoms with van der Waals surface area (Å²) >= 11 is 0. The van der Waals surface area contributed by atoms with Crippen LogP contribution in [0.5, 0.6) is 5.88 Å². The first-order chi connectivity index (χ1) is 8.62. The van der Waals surface area contributed by atoms with Crippen molar-refractivity contribution in [3.05, 3.63) is 6.33 Å². The van der Waals surface area contributed by atoms with Gasteiger partial charge in [-0.3, -0.25) is 0 Å². The molecule has 1 rings (SSSR count). The molecule has 6 nitrogen and oxygen atoms in total. The molecule has 0 aromatic carbocycles. The minimum atomic E-state index is -0.148. The third-order valence-corrected chi connectivity index (χ3v) is 3.51. The Morgan fingerprint density at radius 1 is 1.39 bits per heavy atom. The molecular formula is C12H22N4O2. The lowest BCUT2D eigenvalue weighted by Gasteiger charge is -2.29. The fourth-order valence-electron chi connectivity index (χ4n) is 1.73. The quantitative estimate of drug-likeness (QED) is 0.678. The topological polar surface area (TPSA) is 93.3 Å². The Balaban J connectivity index is 2.79. The van der Waals surface area contributed by atoms with Gasteiger partial charge in [-0.05, 0) is 12.8 Å². The Labute approximate surface area is 108 Å². The summed E-state index contributed by atoms with van der Waals surface area (Å²) in [6.07, 6.45) is 3.17. The summed E-state index contributed by atoms with van der Waals surface area (Å²) < 4.78 is 5.03. The van der Waals surface area contributed by atoms with E-state index in [2.05, 4.69) is 29.1 Å². The van der Waals surface area contributed by atoms with Gasteiger partial charge in [-0.25, -0.2) is 4.98 Å². The SMILES string of the molecule is CCC(CC)(CO)CNc1ncnc(OC)c1N. The van der Waals surface area contributed by atoms with Gasteiger partial charge in [0.1, 0.15) is 12.0 Å². The lowest BCUT2D eigenvalue weighted by Crippen LogP contribution is -2.32. The zero-order valence-electron chi connectivity index (χ0n) is 11.2. The molecule has 0 fully saturated rings. The van der Waals surface area contributed by atoms with E-state index in [1.165, 1.54) is 13.4 Å². The van der Waals surface area contributed by atoms with E-state index in [1.807, 2.05) is 0 Å². The van der Waals surface area contributed by atoms with E-state index in [0.29, 0.717) is 23.9 Å². The standard InChI is InChI=1S/C12H22N4O2/c1-4-12(5-2,7-17)6-14-10-9(13)11(18-3)16-8-15-10/h8,17H,4-7,13H2,1-3H3,(H,14,15,16). The van der Waals surface area contributed by atoms with Crippen LogP contribution in [0.1, 0.15) is 26.7 Å². The highest BCUT2D eigenvalue weighted by atomic mass is 16.5. The van der Waals surface area contributed by atoms with E-state index in [4.69, 9.17) is 10.5 Å². The first kappa shape index (κ1) is 14.5. The molecule has 1 aromatic heterocycles. The fraction of sp³-hybridized carbons (Fsp3) is 0.667. The number of nitrogens with one attached hydrogen (secondary N) is 1. The van der Waals surface area contributed by atoms with Gasteiger partial charge in [0, 0.05) is 12.0 Å². The molecule has 0 spiro atoms. The molecule has 18 heavy (non-hydrogen) atoms. The number of nitrogens with zero attached hydrogens (tertiary/aromatic N) is 2. The van der Waals surface area contributed by atoms with Crippen LogP contribution in [0.2, 0.25) is 0 Å². The van der Waals surface area contributed by atoms with E-state index >= 15 is 0 Å². The maximum atomic E-state index is 9.50. The molecule has 0 amide bonds. The van der Waals surface area contributed by atoms with Crippen molar-refractivity contribution in [1.82, 2.24) is 9.97 Å². The van der Waals surface area contributed by atoms with Crippen LogP contribution in [0.15, 0.2) is 6.33 Å². The number of nitrogen functional groups attached to an aromatic ring is 1. The number of nitrogens with two attached hydrogens (primary N) is 1. The summed E-state index contributed by atoms with van der Waals surface area (Å²) in [5.74, 6) is 0.900. The van der Waals surface area contributed by atoms with Gasteiger partial charge in [-0.1, -0.05) is 13.8 Å². The largest absolute Gasteiger partial charge is 0.479 e. The minimum absolute atomic E-state index is 0.134. The molecule has 0 atom stereocenters. The molecule has 1 aromatic rings. The van der Waals surface area contributed by atoms with Gasteiger partial charge in [0.05, 0.1) is 13.7 Å². The predicted molar refractivity (Wildman–Crippen MR) is 71.6 cm³/mol. The fourth-order valence-corrected chi connectivity index (χ4v) is 1.73. The Kier molecular flexibility index (Phi) is 5.15.